The van der Waals surface area contributed by atoms with Gasteiger partial charge in [-0.3, -0.25) is 4.79 Å². The molecule has 0 aliphatic rings. The zero-order valence-electron chi connectivity index (χ0n) is 19.7. The van der Waals surface area contributed by atoms with E-state index in [2.05, 4.69) is 0 Å². The molecular weight excluding hydrogens is 463 g/mol. The number of nitrogen functional groups attached to an aromatic ring is 2. The van der Waals surface area contributed by atoms with Crippen LogP contribution in [0.5, 0.6) is 5.75 Å². The highest BCUT2D eigenvalue weighted by Gasteiger charge is 2.17. The standard InChI is InChI=1S/C28H27FN2O5/c29-20-11-9-18(10-12-20)26-27(25(32)23-7-3-4-8-24(23)36-26)34-13-5-1-2-6-14-35-28(33)19-15-21(30)17-22(31)16-19/h3-4,7-12,15-17H,1-2,5-6,13-14,30-31H2. The van der Waals surface area contributed by atoms with Gasteiger partial charge in [-0.25, -0.2) is 9.18 Å². The second-order valence-electron chi connectivity index (χ2n) is 8.38. The second-order valence-corrected chi connectivity index (χ2v) is 8.38. The first-order valence-corrected chi connectivity index (χ1v) is 11.7. The number of ether oxygens (including phenoxy) is 2. The summed E-state index contributed by atoms with van der Waals surface area (Å²) in [5.74, 6) is -0.468. The third kappa shape index (κ3) is 6.02. The number of esters is 1. The highest BCUT2D eigenvalue weighted by molar-refractivity contribution is 5.91. The van der Waals surface area contributed by atoms with Gasteiger partial charge in [0.1, 0.15) is 11.4 Å². The summed E-state index contributed by atoms with van der Waals surface area (Å²) in [5.41, 5.74) is 13.3. The molecule has 0 atom stereocenters. The molecule has 0 radical (unpaired) electrons. The number of halogens is 1. The first-order chi connectivity index (χ1) is 17.4. The Morgan fingerprint density at radius 1 is 0.861 bits per heavy atom. The van der Waals surface area contributed by atoms with Crippen LogP contribution in [0.15, 0.2) is 75.9 Å². The molecule has 4 rings (SSSR count). The van der Waals surface area contributed by atoms with Crippen molar-refractivity contribution in [1.82, 2.24) is 0 Å². The van der Waals surface area contributed by atoms with E-state index in [1.165, 1.54) is 24.3 Å². The number of fused-ring (bicyclic) bond motifs is 1. The van der Waals surface area contributed by atoms with Gasteiger partial charge in [0, 0.05) is 16.9 Å². The monoisotopic (exact) mass is 490 g/mol. The fourth-order valence-corrected chi connectivity index (χ4v) is 3.82. The molecule has 4 N–H and O–H groups in total. The SMILES string of the molecule is Nc1cc(N)cc(C(=O)OCCCCCCOc2c(-c3ccc(F)cc3)oc3ccccc3c2=O)c1. The van der Waals surface area contributed by atoms with Crippen molar-refractivity contribution in [3.63, 3.8) is 0 Å². The van der Waals surface area contributed by atoms with Crippen molar-refractivity contribution in [1.29, 1.82) is 0 Å². The highest BCUT2D eigenvalue weighted by Crippen LogP contribution is 2.31. The van der Waals surface area contributed by atoms with Gasteiger partial charge in [0.2, 0.25) is 11.2 Å². The van der Waals surface area contributed by atoms with Crippen LogP contribution < -0.4 is 21.6 Å². The summed E-state index contributed by atoms with van der Waals surface area (Å²) in [6.45, 7) is 0.580. The van der Waals surface area contributed by atoms with E-state index in [0.29, 0.717) is 52.9 Å². The number of rotatable bonds is 10. The maximum Gasteiger partial charge on any atom is 0.338 e. The van der Waals surface area contributed by atoms with Gasteiger partial charge < -0.3 is 25.4 Å². The van der Waals surface area contributed by atoms with Gasteiger partial charge in [-0.2, -0.15) is 0 Å². The van der Waals surface area contributed by atoms with E-state index < -0.39 is 5.97 Å². The topological polar surface area (TPSA) is 118 Å². The van der Waals surface area contributed by atoms with Gasteiger partial charge in [-0.15, -0.1) is 0 Å². The van der Waals surface area contributed by atoms with Crippen molar-refractivity contribution >= 4 is 28.3 Å². The van der Waals surface area contributed by atoms with Crippen LogP contribution in [0.1, 0.15) is 36.0 Å². The average Bonchev–Trinajstić information content (AvgIpc) is 2.86. The van der Waals surface area contributed by atoms with E-state index in [1.807, 2.05) is 0 Å². The predicted octanol–water partition coefficient (Wildman–Crippen LogP) is 5.56. The van der Waals surface area contributed by atoms with Gasteiger partial charge in [0.05, 0.1) is 24.2 Å². The number of unbranched alkanes of at least 4 members (excludes halogenated alkanes) is 3. The molecule has 0 spiro atoms. The average molecular weight is 491 g/mol. The molecule has 1 aromatic heterocycles. The summed E-state index contributed by atoms with van der Waals surface area (Å²) >= 11 is 0. The van der Waals surface area contributed by atoms with Crippen molar-refractivity contribution in [3.05, 3.63) is 88.3 Å². The molecule has 0 aliphatic carbocycles. The Bertz CT molecular complexity index is 1400. The van der Waals surface area contributed by atoms with Crippen LogP contribution in [0.3, 0.4) is 0 Å². The molecule has 4 aromatic rings. The van der Waals surface area contributed by atoms with E-state index in [9.17, 15) is 14.0 Å². The lowest BCUT2D eigenvalue weighted by Crippen LogP contribution is -2.11. The lowest BCUT2D eigenvalue weighted by Gasteiger charge is -2.12. The fraction of sp³-hybridized carbons (Fsp3) is 0.214. The minimum Gasteiger partial charge on any atom is -0.486 e. The Labute approximate surface area is 207 Å². The van der Waals surface area contributed by atoms with Crippen molar-refractivity contribution in [2.45, 2.75) is 25.7 Å². The molecule has 0 fully saturated rings. The number of hydrogen-bond acceptors (Lipinski definition) is 7. The number of benzene rings is 3. The largest absolute Gasteiger partial charge is 0.486 e. The second kappa shape index (κ2) is 11.4. The van der Waals surface area contributed by atoms with E-state index in [-0.39, 0.29) is 29.4 Å². The lowest BCUT2D eigenvalue weighted by molar-refractivity contribution is 0.0497. The van der Waals surface area contributed by atoms with Crippen molar-refractivity contribution in [2.75, 3.05) is 24.7 Å². The maximum atomic E-state index is 13.4. The Kier molecular flexibility index (Phi) is 7.85. The zero-order valence-corrected chi connectivity index (χ0v) is 19.7. The maximum absolute atomic E-state index is 13.4. The van der Waals surface area contributed by atoms with Crippen LogP contribution in [-0.2, 0) is 4.74 Å². The molecule has 0 unspecified atom stereocenters. The van der Waals surface area contributed by atoms with E-state index in [4.69, 9.17) is 25.4 Å². The van der Waals surface area contributed by atoms with Gasteiger partial charge >= 0.3 is 5.97 Å². The van der Waals surface area contributed by atoms with E-state index >= 15 is 0 Å². The molecule has 186 valence electrons. The Morgan fingerprint density at radius 2 is 1.53 bits per heavy atom. The molecule has 7 nitrogen and oxygen atoms in total. The number of carbonyl (C=O) groups is 1. The molecule has 0 saturated heterocycles. The molecule has 0 bridgehead atoms. The minimum atomic E-state index is -0.464. The molecule has 0 aliphatic heterocycles. The molecular formula is C28H27FN2O5. The van der Waals surface area contributed by atoms with E-state index in [1.54, 1.807) is 42.5 Å². The van der Waals surface area contributed by atoms with Crippen LogP contribution in [0.2, 0.25) is 0 Å². The van der Waals surface area contributed by atoms with Gasteiger partial charge in [0.25, 0.3) is 0 Å². The van der Waals surface area contributed by atoms with Crippen LogP contribution in [0.4, 0.5) is 15.8 Å². The first kappa shape index (κ1) is 24.8. The predicted molar refractivity (Wildman–Crippen MR) is 137 cm³/mol. The summed E-state index contributed by atoms with van der Waals surface area (Å²) < 4.78 is 30.5. The van der Waals surface area contributed by atoms with Gasteiger partial charge in [0.15, 0.2) is 5.76 Å². The highest BCUT2D eigenvalue weighted by atomic mass is 19.1. The smallest absolute Gasteiger partial charge is 0.338 e. The summed E-state index contributed by atoms with van der Waals surface area (Å²) in [7, 11) is 0. The van der Waals surface area contributed by atoms with Crippen molar-refractivity contribution in [3.8, 4) is 17.1 Å². The van der Waals surface area contributed by atoms with Crippen LogP contribution in [0.25, 0.3) is 22.3 Å². The quantitative estimate of drug-likeness (QED) is 0.170. The molecule has 0 saturated carbocycles. The fourth-order valence-electron chi connectivity index (χ4n) is 3.82. The van der Waals surface area contributed by atoms with E-state index in [0.717, 1.165) is 12.8 Å². The molecule has 3 aromatic carbocycles. The first-order valence-electron chi connectivity index (χ1n) is 11.7. The summed E-state index contributed by atoms with van der Waals surface area (Å²) in [4.78, 5) is 25.2. The number of para-hydroxylation sites is 1. The van der Waals surface area contributed by atoms with Gasteiger partial charge in [-0.1, -0.05) is 12.1 Å². The third-order valence-corrected chi connectivity index (χ3v) is 5.59. The van der Waals surface area contributed by atoms with Crippen LogP contribution >= 0.6 is 0 Å². The minimum absolute atomic E-state index is 0.107. The summed E-state index contributed by atoms with van der Waals surface area (Å²) in [6.07, 6.45) is 3.00. The zero-order chi connectivity index (χ0) is 25.5. The van der Waals surface area contributed by atoms with Crippen LogP contribution in [0, 0.1) is 5.82 Å². The number of hydrogen-bond donors (Lipinski definition) is 2. The molecule has 0 amide bonds. The summed E-state index contributed by atoms with van der Waals surface area (Å²) in [6, 6.07) is 17.3. The normalized spacial score (nSPS) is 10.9. The molecule has 36 heavy (non-hydrogen) atoms. The molecule has 8 heteroatoms. The third-order valence-electron chi connectivity index (χ3n) is 5.59. The number of nitrogens with two attached hydrogens (primary N) is 2. The lowest BCUT2D eigenvalue weighted by atomic mass is 10.1. The molecule has 1 heterocycles. The van der Waals surface area contributed by atoms with Crippen molar-refractivity contribution < 1.29 is 23.1 Å². The number of carbonyl (C=O) groups excluding carboxylic acids is 1. The van der Waals surface area contributed by atoms with Gasteiger partial charge in [-0.05, 0) is 80.3 Å². The Hall–Kier alpha value is -4.33. The Balaban J connectivity index is 1.30. The van der Waals surface area contributed by atoms with Crippen LogP contribution in [-0.4, -0.2) is 19.2 Å². The Morgan fingerprint density at radius 3 is 2.25 bits per heavy atom. The summed E-state index contributed by atoms with van der Waals surface area (Å²) in [5, 5.41) is 0.419. The van der Waals surface area contributed by atoms with Crippen molar-refractivity contribution in [2.24, 2.45) is 0 Å². The number of anilines is 2.